The number of amides is 1. The Bertz CT molecular complexity index is 366. The highest BCUT2D eigenvalue weighted by atomic mass is 32.2. The van der Waals surface area contributed by atoms with Gasteiger partial charge in [-0.25, -0.2) is 5.84 Å². The van der Waals surface area contributed by atoms with Gasteiger partial charge >= 0.3 is 0 Å². The van der Waals surface area contributed by atoms with Crippen LogP contribution in [-0.2, 0) is 0 Å². The zero-order valence-corrected chi connectivity index (χ0v) is 8.46. The lowest BCUT2D eigenvalue weighted by molar-refractivity contribution is 0.0957. The molecule has 0 spiro atoms. The molecule has 1 heterocycles. The standard InChI is InChI=1S/C7H7N3OS2/c1-12-7-4(3-8)2-5(13-7)6(11)10-9/h2H,9H2,1H3,(H,10,11). The van der Waals surface area contributed by atoms with Crippen molar-refractivity contribution in [2.45, 2.75) is 4.21 Å². The van der Waals surface area contributed by atoms with Crippen LogP contribution in [-0.4, -0.2) is 12.2 Å². The van der Waals surface area contributed by atoms with Crippen molar-refractivity contribution >= 4 is 29.0 Å². The molecule has 1 rings (SSSR count). The van der Waals surface area contributed by atoms with Gasteiger partial charge in [0.05, 0.1) is 14.6 Å². The van der Waals surface area contributed by atoms with Crippen LogP contribution in [0.4, 0.5) is 0 Å². The van der Waals surface area contributed by atoms with Gasteiger partial charge in [0.25, 0.3) is 5.91 Å². The predicted octanol–water partition coefficient (Wildman–Crippen LogP) is 0.945. The highest BCUT2D eigenvalue weighted by Gasteiger charge is 2.12. The van der Waals surface area contributed by atoms with Crippen LogP contribution < -0.4 is 11.3 Å². The second-order valence-corrected chi connectivity index (χ2v) is 4.23. The summed E-state index contributed by atoms with van der Waals surface area (Å²) in [5, 5.41) is 8.70. The Morgan fingerprint density at radius 3 is 2.92 bits per heavy atom. The summed E-state index contributed by atoms with van der Waals surface area (Å²) in [5.41, 5.74) is 2.55. The van der Waals surface area contributed by atoms with Gasteiger partial charge in [0.2, 0.25) is 0 Å². The number of thiophene rings is 1. The number of carbonyl (C=O) groups is 1. The molecule has 3 N–H and O–H groups in total. The van der Waals surface area contributed by atoms with Crippen LogP contribution >= 0.6 is 23.1 Å². The number of nitrogens with zero attached hydrogens (tertiary/aromatic N) is 1. The molecule has 0 radical (unpaired) electrons. The molecule has 1 aromatic heterocycles. The summed E-state index contributed by atoms with van der Waals surface area (Å²) in [5.74, 6) is 4.60. The maximum absolute atomic E-state index is 11.1. The van der Waals surface area contributed by atoms with Crippen LogP contribution in [0.2, 0.25) is 0 Å². The van der Waals surface area contributed by atoms with E-state index in [1.54, 1.807) is 6.07 Å². The average molecular weight is 213 g/mol. The van der Waals surface area contributed by atoms with Crippen molar-refractivity contribution in [3.05, 3.63) is 16.5 Å². The molecule has 68 valence electrons. The fourth-order valence-electron chi connectivity index (χ4n) is 0.787. The van der Waals surface area contributed by atoms with Gasteiger partial charge in [-0.15, -0.1) is 23.1 Å². The Morgan fingerprint density at radius 1 is 1.85 bits per heavy atom. The van der Waals surface area contributed by atoms with Gasteiger partial charge < -0.3 is 0 Å². The molecule has 0 bridgehead atoms. The van der Waals surface area contributed by atoms with Gasteiger partial charge in [0.1, 0.15) is 6.07 Å². The van der Waals surface area contributed by atoms with Crippen molar-refractivity contribution in [1.29, 1.82) is 5.26 Å². The first-order valence-electron chi connectivity index (χ1n) is 3.31. The first kappa shape index (κ1) is 10.1. The van der Waals surface area contributed by atoms with E-state index in [0.29, 0.717) is 10.4 Å². The lowest BCUT2D eigenvalue weighted by Crippen LogP contribution is -2.29. The Kier molecular flexibility index (Phi) is 3.31. The maximum Gasteiger partial charge on any atom is 0.275 e. The molecule has 6 heteroatoms. The first-order valence-corrected chi connectivity index (χ1v) is 5.36. The van der Waals surface area contributed by atoms with Gasteiger partial charge in [-0.2, -0.15) is 5.26 Å². The van der Waals surface area contributed by atoms with E-state index >= 15 is 0 Å². The zero-order valence-electron chi connectivity index (χ0n) is 6.83. The number of hydrogen-bond donors (Lipinski definition) is 2. The number of nitriles is 1. The average Bonchev–Trinajstić information content (AvgIpc) is 2.59. The summed E-state index contributed by atoms with van der Waals surface area (Å²) in [7, 11) is 0. The summed E-state index contributed by atoms with van der Waals surface area (Å²) in [6, 6.07) is 3.55. The van der Waals surface area contributed by atoms with E-state index in [1.807, 2.05) is 17.8 Å². The third-order valence-electron chi connectivity index (χ3n) is 1.36. The van der Waals surface area contributed by atoms with Crippen molar-refractivity contribution < 1.29 is 4.79 Å². The second kappa shape index (κ2) is 4.28. The summed E-state index contributed by atoms with van der Waals surface area (Å²) in [4.78, 5) is 11.5. The van der Waals surface area contributed by atoms with Gasteiger partial charge in [-0.05, 0) is 12.3 Å². The summed E-state index contributed by atoms with van der Waals surface area (Å²) in [6.07, 6.45) is 1.86. The van der Waals surface area contributed by atoms with E-state index < -0.39 is 0 Å². The number of thioether (sulfide) groups is 1. The molecule has 1 amide bonds. The van der Waals surface area contributed by atoms with Crippen LogP contribution in [0.5, 0.6) is 0 Å². The van der Waals surface area contributed by atoms with Crippen molar-refractivity contribution in [1.82, 2.24) is 5.43 Å². The lowest BCUT2D eigenvalue weighted by Gasteiger charge is -1.91. The fourth-order valence-corrected chi connectivity index (χ4v) is 2.46. The molecule has 0 aliphatic carbocycles. The molecule has 4 nitrogen and oxygen atoms in total. The Labute approximate surface area is 83.7 Å². The van der Waals surface area contributed by atoms with E-state index in [0.717, 1.165) is 4.21 Å². The van der Waals surface area contributed by atoms with Gasteiger partial charge in [0.15, 0.2) is 0 Å². The lowest BCUT2D eigenvalue weighted by atomic mass is 10.3. The summed E-state index contributed by atoms with van der Waals surface area (Å²) in [6.45, 7) is 0. The maximum atomic E-state index is 11.1. The molecule has 0 unspecified atom stereocenters. The third kappa shape index (κ3) is 2.01. The molecular formula is C7H7N3OS2. The van der Waals surface area contributed by atoms with Crippen molar-refractivity contribution in [3.8, 4) is 6.07 Å². The molecular weight excluding hydrogens is 206 g/mol. The van der Waals surface area contributed by atoms with Crippen LogP contribution in [0.3, 0.4) is 0 Å². The minimum atomic E-state index is -0.359. The number of hydrogen-bond acceptors (Lipinski definition) is 5. The second-order valence-electron chi connectivity index (χ2n) is 2.10. The number of hydrazine groups is 1. The van der Waals surface area contributed by atoms with Crippen LogP contribution in [0.25, 0.3) is 0 Å². The molecule has 0 fully saturated rings. The van der Waals surface area contributed by atoms with Gasteiger partial charge in [-0.3, -0.25) is 10.2 Å². The molecule has 0 aromatic carbocycles. The third-order valence-corrected chi connectivity index (χ3v) is 3.63. The Balaban J connectivity index is 3.08. The molecule has 0 aliphatic rings. The van der Waals surface area contributed by atoms with E-state index in [9.17, 15) is 4.79 Å². The van der Waals surface area contributed by atoms with Gasteiger partial charge in [0, 0.05) is 0 Å². The molecule has 0 saturated heterocycles. The summed E-state index contributed by atoms with van der Waals surface area (Å²) < 4.78 is 0.834. The van der Waals surface area contributed by atoms with Crippen LogP contribution in [0, 0.1) is 11.3 Å². The Hall–Kier alpha value is -1.03. The monoisotopic (exact) mass is 213 g/mol. The number of nitrogens with two attached hydrogens (primary N) is 1. The normalized spacial score (nSPS) is 9.31. The number of nitrogen functional groups attached to an aromatic ring is 1. The fraction of sp³-hybridized carbons (Fsp3) is 0.143. The molecule has 13 heavy (non-hydrogen) atoms. The smallest absolute Gasteiger partial charge is 0.275 e. The summed E-state index contributed by atoms with van der Waals surface area (Å²) >= 11 is 2.71. The SMILES string of the molecule is CSc1sc(C(=O)NN)cc1C#N. The minimum Gasteiger partial charge on any atom is -0.289 e. The number of nitrogens with one attached hydrogen (secondary N) is 1. The topological polar surface area (TPSA) is 78.9 Å². The Morgan fingerprint density at radius 2 is 2.54 bits per heavy atom. The van der Waals surface area contributed by atoms with Crippen molar-refractivity contribution in [3.63, 3.8) is 0 Å². The molecule has 0 atom stereocenters. The van der Waals surface area contributed by atoms with Crippen molar-refractivity contribution in [2.24, 2.45) is 5.84 Å². The van der Waals surface area contributed by atoms with Gasteiger partial charge in [-0.1, -0.05) is 0 Å². The molecule has 1 aromatic rings. The minimum absolute atomic E-state index is 0.359. The zero-order chi connectivity index (χ0) is 9.84. The highest BCUT2D eigenvalue weighted by molar-refractivity contribution is 8.00. The van der Waals surface area contributed by atoms with E-state index in [2.05, 4.69) is 0 Å². The highest BCUT2D eigenvalue weighted by Crippen LogP contribution is 2.29. The van der Waals surface area contributed by atoms with E-state index in [1.165, 1.54) is 23.1 Å². The largest absolute Gasteiger partial charge is 0.289 e. The van der Waals surface area contributed by atoms with Crippen molar-refractivity contribution in [2.75, 3.05) is 6.26 Å². The quantitative estimate of drug-likeness (QED) is 0.332. The molecule has 0 saturated carbocycles. The van der Waals surface area contributed by atoms with E-state index in [-0.39, 0.29) is 5.91 Å². The number of rotatable bonds is 2. The number of carbonyl (C=O) groups excluding carboxylic acids is 1. The first-order chi connectivity index (χ1) is 6.22. The predicted molar refractivity (Wildman–Crippen MR) is 52.5 cm³/mol. The molecule has 0 aliphatic heterocycles. The van der Waals surface area contributed by atoms with E-state index in [4.69, 9.17) is 11.1 Å². The van der Waals surface area contributed by atoms with Crippen LogP contribution in [0.1, 0.15) is 15.2 Å². The van der Waals surface area contributed by atoms with Crippen LogP contribution in [0.15, 0.2) is 10.3 Å².